The minimum Gasteiger partial charge on any atom is -0.497 e. The molecule has 5 heteroatoms. The van der Waals surface area contributed by atoms with Gasteiger partial charge in [-0.3, -0.25) is 9.59 Å². The molecule has 0 bridgehead atoms. The summed E-state index contributed by atoms with van der Waals surface area (Å²) in [6.07, 6.45) is 1.66. The molecule has 0 aliphatic carbocycles. The number of rotatable bonds is 6. The fraction of sp³-hybridized carbons (Fsp3) is 0.259. The Hall–Kier alpha value is -3.60. The summed E-state index contributed by atoms with van der Waals surface area (Å²) in [6.45, 7) is 2.07. The lowest BCUT2D eigenvalue weighted by Crippen LogP contribution is -2.47. The van der Waals surface area contributed by atoms with Crippen molar-refractivity contribution in [2.75, 3.05) is 17.3 Å². The van der Waals surface area contributed by atoms with Crippen molar-refractivity contribution in [2.45, 2.75) is 32.2 Å². The van der Waals surface area contributed by atoms with Gasteiger partial charge >= 0.3 is 0 Å². The van der Waals surface area contributed by atoms with Gasteiger partial charge in [-0.2, -0.15) is 0 Å². The molecule has 3 aromatic rings. The minimum atomic E-state index is -0.389. The Labute approximate surface area is 189 Å². The highest BCUT2D eigenvalue weighted by molar-refractivity contribution is 6.00. The second-order valence-electron chi connectivity index (χ2n) is 7.96. The van der Waals surface area contributed by atoms with Gasteiger partial charge in [-0.15, -0.1) is 0 Å². The van der Waals surface area contributed by atoms with E-state index >= 15 is 0 Å². The smallest absolute Gasteiger partial charge is 0.229 e. The number of hydrogen-bond acceptors (Lipinski definition) is 3. The highest BCUT2D eigenvalue weighted by Crippen LogP contribution is 2.41. The quantitative estimate of drug-likeness (QED) is 0.573. The number of aryl methyl sites for hydroxylation is 1. The zero-order valence-electron chi connectivity index (χ0n) is 18.5. The molecule has 1 heterocycles. The monoisotopic (exact) mass is 428 g/mol. The Morgan fingerprint density at radius 1 is 1.00 bits per heavy atom. The van der Waals surface area contributed by atoms with Gasteiger partial charge in [-0.05, 0) is 54.3 Å². The molecule has 4 rings (SSSR count). The number of para-hydroxylation sites is 1. The molecule has 32 heavy (non-hydrogen) atoms. The lowest BCUT2D eigenvalue weighted by molar-refractivity contribution is -0.125. The number of nitrogens with zero attached hydrogens (tertiary/aromatic N) is 1. The second-order valence-corrected chi connectivity index (χ2v) is 7.96. The zero-order valence-corrected chi connectivity index (χ0v) is 18.5. The summed E-state index contributed by atoms with van der Waals surface area (Å²) in [6, 6.07) is 24.7. The number of piperidine rings is 1. The summed E-state index contributed by atoms with van der Waals surface area (Å²) in [5.74, 6) is 0.301. The van der Waals surface area contributed by atoms with Crippen LogP contribution in [0.5, 0.6) is 5.75 Å². The molecule has 0 saturated carbocycles. The summed E-state index contributed by atoms with van der Waals surface area (Å²) in [5, 5.41) is 3.14. The van der Waals surface area contributed by atoms with Crippen molar-refractivity contribution in [1.29, 1.82) is 0 Å². The van der Waals surface area contributed by atoms with E-state index in [0.717, 1.165) is 34.7 Å². The van der Waals surface area contributed by atoms with Crippen molar-refractivity contribution in [3.05, 3.63) is 90.0 Å². The molecule has 2 amide bonds. The standard InChI is InChI=1S/C27H28N2O3/c1-3-19-9-7-8-12-24(19)28-27(31)23-17-18-25(30)29(21-13-15-22(32-2)16-14-21)26(23)20-10-5-4-6-11-20/h4-16,23,26H,3,17-18H2,1-2H3,(H,28,31)/t23-,26+/m0/s1. The fourth-order valence-corrected chi connectivity index (χ4v) is 4.42. The molecule has 0 unspecified atom stereocenters. The van der Waals surface area contributed by atoms with Crippen LogP contribution in [-0.4, -0.2) is 18.9 Å². The predicted octanol–water partition coefficient (Wildman–Crippen LogP) is 5.38. The van der Waals surface area contributed by atoms with Crippen LogP contribution >= 0.6 is 0 Å². The lowest BCUT2D eigenvalue weighted by Gasteiger charge is -2.41. The van der Waals surface area contributed by atoms with Crippen LogP contribution < -0.4 is 15.0 Å². The molecule has 1 aliphatic heterocycles. The van der Waals surface area contributed by atoms with Crippen molar-refractivity contribution in [1.82, 2.24) is 0 Å². The van der Waals surface area contributed by atoms with Crippen LogP contribution in [0, 0.1) is 5.92 Å². The van der Waals surface area contributed by atoms with Crippen LogP contribution in [0.1, 0.15) is 36.9 Å². The SMILES string of the molecule is CCc1ccccc1NC(=O)[C@H]1CCC(=O)N(c2ccc(OC)cc2)[C@@H]1c1ccccc1. The van der Waals surface area contributed by atoms with Gasteiger partial charge in [0.25, 0.3) is 0 Å². The molecule has 2 atom stereocenters. The first-order valence-corrected chi connectivity index (χ1v) is 11.0. The molecule has 1 aliphatic rings. The van der Waals surface area contributed by atoms with Crippen molar-refractivity contribution in [2.24, 2.45) is 5.92 Å². The summed E-state index contributed by atoms with van der Waals surface area (Å²) in [5.41, 5.74) is 3.63. The first-order chi connectivity index (χ1) is 15.6. The van der Waals surface area contributed by atoms with Crippen molar-refractivity contribution in [3.8, 4) is 5.75 Å². The van der Waals surface area contributed by atoms with E-state index in [0.29, 0.717) is 12.8 Å². The van der Waals surface area contributed by atoms with E-state index in [1.165, 1.54) is 0 Å². The third-order valence-electron chi connectivity index (χ3n) is 6.08. The maximum Gasteiger partial charge on any atom is 0.229 e. The van der Waals surface area contributed by atoms with E-state index in [2.05, 4.69) is 12.2 Å². The molecule has 1 fully saturated rings. The van der Waals surface area contributed by atoms with Gasteiger partial charge in [-0.1, -0.05) is 55.5 Å². The summed E-state index contributed by atoms with van der Waals surface area (Å²) in [7, 11) is 1.61. The van der Waals surface area contributed by atoms with Gasteiger partial charge in [-0.25, -0.2) is 0 Å². The molecule has 1 saturated heterocycles. The number of methoxy groups -OCH3 is 1. The van der Waals surface area contributed by atoms with E-state index in [1.54, 1.807) is 12.0 Å². The van der Waals surface area contributed by atoms with Crippen molar-refractivity contribution >= 4 is 23.2 Å². The second kappa shape index (κ2) is 9.69. The highest BCUT2D eigenvalue weighted by atomic mass is 16.5. The first kappa shape index (κ1) is 21.6. The van der Waals surface area contributed by atoms with Crippen molar-refractivity contribution < 1.29 is 14.3 Å². The topological polar surface area (TPSA) is 58.6 Å². The number of hydrogen-bond donors (Lipinski definition) is 1. The molecular weight excluding hydrogens is 400 g/mol. The summed E-state index contributed by atoms with van der Waals surface area (Å²) >= 11 is 0. The number of amides is 2. The molecule has 164 valence electrons. The first-order valence-electron chi connectivity index (χ1n) is 11.0. The van der Waals surface area contributed by atoms with Crippen LogP contribution in [0.4, 0.5) is 11.4 Å². The van der Waals surface area contributed by atoms with Crippen LogP contribution in [0.3, 0.4) is 0 Å². The molecule has 0 spiro atoms. The minimum absolute atomic E-state index is 0.0158. The Morgan fingerprint density at radius 3 is 2.38 bits per heavy atom. The van der Waals surface area contributed by atoms with Crippen LogP contribution in [0.2, 0.25) is 0 Å². The van der Waals surface area contributed by atoms with Gasteiger partial charge in [0.15, 0.2) is 0 Å². The Kier molecular flexibility index (Phi) is 6.55. The summed E-state index contributed by atoms with van der Waals surface area (Å²) in [4.78, 5) is 28.4. The number of ether oxygens (including phenoxy) is 1. The lowest BCUT2D eigenvalue weighted by atomic mass is 9.83. The Morgan fingerprint density at radius 2 is 1.69 bits per heavy atom. The molecule has 3 aromatic carbocycles. The molecule has 1 N–H and O–H groups in total. The van der Waals surface area contributed by atoms with E-state index in [-0.39, 0.29) is 23.8 Å². The van der Waals surface area contributed by atoms with Crippen LogP contribution in [0.15, 0.2) is 78.9 Å². The number of carbonyl (C=O) groups excluding carboxylic acids is 2. The zero-order chi connectivity index (χ0) is 22.5. The molecule has 0 radical (unpaired) electrons. The maximum atomic E-state index is 13.5. The van der Waals surface area contributed by atoms with E-state index < -0.39 is 0 Å². The van der Waals surface area contributed by atoms with E-state index in [9.17, 15) is 9.59 Å². The average molecular weight is 429 g/mol. The normalized spacial score (nSPS) is 18.3. The number of benzene rings is 3. The van der Waals surface area contributed by atoms with Gasteiger partial charge in [0.2, 0.25) is 11.8 Å². The molecule has 5 nitrogen and oxygen atoms in total. The van der Waals surface area contributed by atoms with Crippen LogP contribution in [0.25, 0.3) is 0 Å². The van der Waals surface area contributed by atoms with E-state index in [1.807, 2.05) is 78.9 Å². The molecule has 0 aromatic heterocycles. The van der Waals surface area contributed by atoms with Crippen LogP contribution in [-0.2, 0) is 16.0 Å². The average Bonchev–Trinajstić information content (AvgIpc) is 2.84. The predicted molar refractivity (Wildman–Crippen MR) is 127 cm³/mol. The third kappa shape index (κ3) is 4.37. The summed E-state index contributed by atoms with van der Waals surface area (Å²) < 4.78 is 5.27. The Balaban J connectivity index is 1.72. The van der Waals surface area contributed by atoms with E-state index in [4.69, 9.17) is 4.74 Å². The third-order valence-corrected chi connectivity index (χ3v) is 6.08. The van der Waals surface area contributed by atoms with Crippen molar-refractivity contribution in [3.63, 3.8) is 0 Å². The number of carbonyl (C=O) groups is 2. The van der Waals surface area contributed by atoms with Gasteiger partial charge in [0.05, 0.1) is 19.1 Å². The van der Waals surface area contributed by atoms with Gasteiger partial charge in [0.1, 0.15) is 5.75 Å². The largest absolute Gasteiger partial charge is 0.497 e. The fourth-order valence-electron chi connectivity index (χ4n) is 4.42. The van der Waals surface area contributed by atoms with Gasteiger partial charge < -0.3 is 15.0 Å². The molecular formula is C27H28N2O3. The Bertz CT molecular complexity index is 1080. The van der Waals surface area contributed by atoms with Gasteiger partial charge in [0, 0.05) is 17.8 Å². The maximum absolute atomic E-state index is 13.5. The highest BCUT2D eigenvalue weighted by Gasteiger charge is 2.41. The number of nitrogens with one attached hydrogen (secondary N) is 1. The number of anilines is 2.